The van der Waals surface area contributed by atoms with Gasteiger partial charge in [-0.15, -0.1) is 0 Å². The Morgan fingerprint density at radius 3 is 2.30 bits per heavy atom. The lowest BCUT2D eigenvalue weighted by atomic mass is 9.76. The van der Waals surface area contributed by atoms with E-state index in [2.05, 4.69) is 29.2 Å². The van der Waals surface area contributed by atoms with Crippen LogP contribution in [-0.4, -0.2) is 47.4 Å². The second kappa shape index (κ2) is 5.54. The molecule has 20 heavy (non-hydrogen) atoms. The molecule has 1 aromatic carbocycles. The highest BCUT2D eigenvalue weighted by Gasteiger charge is 2.43. The summed E-state index contributed by atoms with van der Waals surface area (Å²) in [4.78, 5) is 16.7. The molecule has 2 aliphatic rings. The number of rotatable bonds is 3. The van der Waals surface area contributed by atoms with Crippen LogP contribution in [0.3, 0.4) is 0 Å². The van der Waals surface area contributed by atoms with Gasteiger partial charge in [0.2, 0.25) is 5.91 Å². The lowest BCUT2D eigenvalue weighted by molar-refractivity contribution is -0.142. The summed E-state index contributed by atoms with van der Waals surface area (Å²) in [6.07, 6.45) is 2.81. The molecule has 0 aromatic heterocycles. The number of nitrogens with zero attached hydrogens (tertiary/aromatic N) is 2. The Morgan fingerprint density at radius 2 is 1.75 bits per heavy atom. The van der Waals surface area contributed by atoms with Crippen molar-refractivity contribution >= 4 is 5.91 Å². The molecule has 2 fully saturated rings. The van der Waals surface area contributed by atoms with Gasteiger partial charge in [-0.3, -0.25) is 9.69 Å². The number of carbonyl (C=O) groups excluding carboxylic acids is 1. The molecule has 2 N–H and O–H groups in total. The molecule has 0 radical (unpaired) electrons. The Balaban J connectivity index is 1.51. The molecule has 0 spiro atoms. The monoisotopic (exact) mass is 273 g/mol. The molecule has 1 heterocycles. The summed E-state index contributed by atoms with van der Waals surface area (Å²) in [5.74, 6) is 0.170. The molecular formula is C16H23N3O. The highest BCUT2D eigenvalue weighted by atomic mass is 16.2. The maximum absolute atomic E-state index is 12.3. The van der Waals surface area contributed by atoms with Crippen molar-refractivity contribution in [3.63, 3.8) is 0 Å². The normalized spacial score (nSPS) is 22.4. The topological polar surface area (TPSA) is 49.6 Å². The van der Waals surface area contributed by atoms with Gasteiger partial charge in [0.25, 0.3) is 0 Å². The van der Waals surface area contributed by atoms with Crippen LogP contribution in [0.5, 0.6) is 0 Å². The van der Waals surface area contributed by atoms with Crippen molar-refractivity contribution in [3.05, 3.63) is 35.9 Å². The molecule has 0 atom stereocenters. The van der Waals surface area contributed by atoms with Gasteiger partial charge in [0.1, 0.15) is 0 Å². The summed E-state index contributed by atoms with van der Waals surface area (Å²) >= 11 is 0. The van der Waals surface area contributed by atoms with Gasteiger partial charge in [0.15, 0.2) is 0 Å². The maximum atomic E-state index is 12.3. The van der Waals surface area contributed by atoms with Crippen LogP contribution in [0.25, 0.3) is 0 Å². The van der Waals surface area contributed by atoms with Crippen molar-refractivity contribution in [1.82, 2.24) is 9.80 Å². The minimum atomic E-state index is -0.540. The zero-order valence-electron chi connectivity index (χ0n) is 11.9. The summed E-state index contributed by atoms with van der Waals surface area (Å²) in [5, 5.41) is 0. The Bertz CT molecular complexity index is 462. The van der Waals surface area contributed by atoms with Crippen molar-refractivity contribution in [1.29, 1.82) is 0 Å². The van der Waals surface area contributed by atoms with Crippen molar-refractivity contribution in [2.24, 2.45) is 5.73 Å². The number of hydrogen-bond acceptors (Lipinski definition) is 3. The Morgan fingerprint density at radius 1 is 1.10 bits per heavy atom. The molecule has 3 rings (SSSR count). The molecule has 1 aromatic rings. The minimum Gasteiger partial charge on any atom is -0.339 e. The molecule has 1 aliphatic carbocycles. The van der Waals surface area contributed by atoms with Crippen molar-refractivity contribution in [2.75, 3.05) is 26.2 Å². The number of benzene rings is 1. The average molecular weight is 273 g/mol. The van der Waals surface area contributed by atoms with Crippen LogP contribution >= 0.6 is 0 Å². The van der Waals surface area contributed by atoms with E-state index in [4.69, 9.17) is 5.73 Å². The van der Waals surface area contributed by atoms with Crippen molar-refractivity contribution in [3.8, 4) is 0 Å². The second-order valence-electron chi connectivity index (χ2n) is 6.06. The SMILES string of the molecule is NC1(C(=O)N2CCN(Cc3ccccc3)CC2)CCC1. The van der Waals surface area contributed by atoms with Crippen molar-refractivity contribution < 1.29 is 4.79 Å². The fourth-order valence-corrected chi connectivity index (χ4v) is 3.04. The lowest BCUT2D eigenvalue weighted by Gasteiger charge is -2.43. The first-order chi connectivity index (χ1) is 9.67. The van der Waals surface area contributed by atoms with Gasteiger partial charge in [-0.2, -0.15) is 0 Å². The highest BCUT2D eigenvalue weighted by molar-refractivity contribution is 5.87. The quantitative estimate of drug-likeness (QED) is 0.900. The highest BCUT2D eigenvalue weighted by Crippen LogP contribution is 2.31. The first kappa shape index (κ1) is 13.6. The number of piperazine rings is 1. The molecule has 4 heteroatoms. The molecule has 1 amide bonds. The average Bonchev–Trinajstić information content (AvgIpc) is 2.46. The third-order valence-corrected chi connectivity index (χ3v) is 4.58. The van der Waals surface area contributed by atoms with E-state index in [1.807, 2.05) is 11.0 Å². The van der Waals surface area contributed by atoms with Crippen LogP contribution in [0.1, 0.15) is 24.8 Å². The molecule has 0 unspecified atom stereocenters. The van der Waals surface area contributed by atoms with Crippen LogP contribution in [0.4, 0.5) is 0 Å². The van der Waals surface area contributed by atoms with E-state index >= 15 is 0 Å². The Hall–Kier alpha value is -1.39. The molecular weight excluding hydrogens is 250 g/mol. The molecule has 4 nitrogen and oxygen atoms in total. The van der Waals surface area contributed by atoms with Gasteiger partial charge in [-0.25, -0.2) is 0 Å². The van der Waals surface area contributed by atoms with E-state index in [9.17, 15) is 4.79 Å². The van der Waals surface area contributed by atoms with Crippen LogP contribution in [0.2, 0.25) is 0 Å². The van der Waals surface area contributed by atoms with Crippen LogP contribution in [-0.2, 0) is 11.3 Å². The predicted octanol–water partition coefficient (Wildman–Crippen LogP) is 1.21. The van der Waals surface area contributed by atoms with Crippen LogP contribution < -0.4 is 5.73 Å². The molecule has 1 saturated carbocycles. The van der Waals surface area contributed by atoms with Crippen LogP contribution in [0, 0.1) is 0 Å². The van der Waals surface area contributed by atoms with E-state index < -0.39 is 5.54 Å². The largest absolute Gasteiger partial charge is 0.339 e. The molecule has 1 saturated heterocycles. The van der Waals surface area contributed by atoms with Gasteiger partial charge in [-0.1, -0.05) is 30.3 Å². The van der Waals surface area contributed by atoms with Gasteiger partial charge in [-0.05, 0) is 24.8 Å². The van der Waals surface area contributed by atoms with E-state index in [0.29, 0.717) is 0 Å². The van der Waals surface area contributed by atoms with Gasteiger partial charge >= 0.3 is 0 Å². The van der Waals surface area contributed by atoms with Gasteiger partial charge < -0.3 is 10.6 Å². The fraction of sp³-hybridized carbons (Fsp3) is 0.562. The van der Waals surface area contributed by atoms with E-state index in [-0.39, 0.29) is 5.91 Å². The van der Waals surface area contributed by atoms with E-state index in [1.54, 1.807) is 0 Å². The predicted molar refractivity (Wildman–Crippen MR) is 79.1 cm³/mol. The fourth-order valence-electron chi connectivity index (χ4n) is 3.04. The molecule has 0 bridgehead atoms. The van der Waals surface area contributed by atoms with E-state index in [0.717, 1.165) is 52.0 Å². The lowest BCUT2D eigenvalue weighted by Crippen LogP contribution is -2.62. The maximum Gasteiger partial charge on any atom is 0.242 e. The minimum absolute atomic E-state index is 0.170. The third kappa shape index (κ3) is 2.72. The Kier molecular flexibility index (Phi) is 3.76. The molecule has 1 aliphatic heterocycles. The summed E-state index contributed by atoms with van der Waals surface area (Å²) in [6, 6.07) is 10.5. The number of amides is 1. The number of nitrogens with two attached hydrogens (primary N) is 1. The second-order valence-corrected chi connectivity index (χ2v) is 6.06. The zero-order chi connectivity index (χ0) is 14.0. The summed E-state index contributed by atoms with van der Waals surface area (Å²) in [6.45, 7) is 4.47. The summed E-state index contributed by atoms with van der Waals surface area (Å²) < 4.78 is 0. The first-order valence-electron chi connectivity index (χ1n) is 7.52. The smallest absolute Gasteiger partial charge is 0.242 e. The number of hydrogen-bond donors (Lipinski definition) is 1. The standard InChI is InChI=1S/C16H23N3O/c17-16(7-4-8-16)15(20)19-11-9-18(10-12-19)13-14-5-2-1-3-6-14/h1-3,5-6H,4,7-13,17H2. The first-order valence-corrected chi connectivity index (χ1v) is 7.52. The van der Waals surface area contributed by atoms with Crippen molar-refractivity contribution in [2.45, 2.75) is 31.3 Å². The van der Waals surface area contributed by atoms with Gasteiger partial charge in [0, 0.05) is 32.7 Å². The summed E-state index contributed by atoms with van der Waals surface area (Å²) in [7, 11) is 0. The summed E-state index contributed by atoms with van der Waals surface area (Å²) in [5.41, 5.74) is 6.93. The molecule has 108 valence electrons. The zero-order valence-corrected chi connectivity index (χ0v) is 11.9. The number of carbonyl (C=O) groups is 1. The van der Waals surface area contributed by atoms with Crippen LogP contribution in [0.15, 0.2) is 30.3 Å². The van der Waals surface area contributed by atoms with Gasteiger partial charge in [0.05, 0.1) is 5.54 Å². The van der Waals surface area contributed by atoms with E-state index in [1.165, 1.54) is 5.56 Å². The third-order valence-electron chi connectivity index (χ3n) is 4.58. The Labute approximate surface area is 120 Å².